The lowest BCUT2D eigenvalue weighted by molar-refractivity contribution is 0.380. The standard InChI is InChI=1S/C22H34N4O2/c1-7-19-18(20(8-2)28-26-19)14-24-21(23-9-3)25-15-22(4,5)16-11-10-12-17(13-16)27-6/h10-13H,7-9,14-15H2,1-6H3,(H2,23,24,25). The molecule has 0 aliphatic carbocycles. The zero-order valence-corrected chi connectivity index (χ0v) is 18.1. The Morgan fingerprint density at radius 2 is 1.96 bits per heavy atom. The van der Waals surface area contributed by atoms with Crippen molar-refractivity contribution in [2.75, 3.05) is 20.2 Å². The fourth-order valence-electron chi connectivity index (χ4n) is 3.07. The van der Waals surface area contributed by atoms with Gasteiger partial charge in [-0.1, -0.05) is 45.0 Å². The van der Waals surface area contributed by atoms with Gasteiger partial charge in [-0.2, -0.15) is 0 Å². The summed E-state index contributed by atoms with van der Waals surface area (Å²) in [6.07, 6.45) is 1.67. The zero-order valence-electron chi connectivity index (χ0n) is 18.1. The van der Waals surface area contributed by atoms with E-state index in [-0.39, 0.29) is 5.41 Å². The summed E-state index contributed by atoms with van der Waals surface area (Å²) in [5, 5.41) is 11.0. The van der Waals surface area contributed by atoms with E-state index in [1.54, 1.807) is 7.11 Å². The van der Waals surface area contributed by atoms with Gasteiger partial charge in [-0.3, -0.25) is 0 Å². The molecular formula is C22H34N4O2. The van der Waals surface area contributed by atoms with Gasteiger partial charge in [0.1, 0.15) is 11.5 Å². The van der Waals surface area contributed by atoms with Gasteiger partial charge in [-0.05, 0) is 31.0 Å². The first-order valence-corrected chi connectivity index (χ1v) is 10.1. The number of rotatable bonds is 9. The molecule has 2 aromatic rings. The molecule has 0 atom stereocenters. The van der Waals surface area contributed by atoms with Crippen LogP contribution >= 0.6 is 0 Å². The minimum atomic E-state index is -0.0783. The summed E-state index contributed by atoms with van der Waals surface area (Å²) in [5.74, 6) is 2.59. The van der Waals surface area contributed by atoms with Crippen molar-refractivity contribution < 1.29 is 9.26 Å². The smallest absolute Gasteiger partial charge is 0.191 e. The Balaban J connectivity index is 2.11. The maximum absolute atomic E-state index is 5.45. The molecule has 1 aromatic heterocycles. The maximum Gasteiger partial charge on any atom is 0.191 e. The molecule has 0 unspecified atom stereocenters. The van der Waals surface area contributed by atoms with Crippen LogP contribution in [0.25, 0.3) is 0 Å². The molecule has 1 heterocycles. The number of guanidine groups is 1. The Morgan fingerprint density at radius 1 is 1.18 bits per heavy atom. The molecule has 28 heavy (non-hydrogen) atoms. The Labute approximate surface area is 168 Å². The Kier molecular flexibility index (Phi) is 7.91. The number of aromatic nitrogens is 1. The number of aryl methyl sites for hydroxylation is 2. The molecule has 2 rings (SSSR count). The first-order valence-electron chi connectivity index (χ1n) is 10.1. The molecule has 0 aliphatic heterocycles. The molecular weight excluding hydrogens is 352 g/mol. The zero-order chi connectivity index (χ0) is 20.6. The molecule has 0 fully saturated rings. The topological polar surface area (TPSA) is 71.7 Å². The predicted octanol–water partition coefficient (Wildman–Crippen LogP) is 3.84. The average Bonchev–Trinajstić information content (AvgIpc) is 3.12. The van der Waals surface area contributed by atoms with Crippen LogP contribution in [-0.2, 0) is 24.8 Å². The lowest BCUT2D eigenvalue weighted by Crippen LogP contribution is -2.43. The van der Waals surface area contributed by atoms with Crippen molar-refractivity contribution in [2.45, 2.75) is 59.4 Å². The van der Waals surface area contributed by atoms with Crippen LogP contribution in [0.5, 0.6) is 5.75 Å². The molecule has 0 saturated carbocycles. The molecule has 2 N–H and O–H groups in total. The number of nitrogens with zero attached hydrogens (tertiary/aromatic N) is 2. The van der Waals surface area contributed by atoms with Crippen molar-refractivity contribution in [2.24, 2.45) is 4.99 Å². The summed E-state index contributed by atoms with van der Waals surface area (Å²) in [4.78, 5) is 4.77. The van der Waals surface area contributed by atoms with Crippen LogP contribution in [0.1, 0.15) is 57.2 Å². The van der Waals surface area contributed by atoms with Crippen LogP contribution in [-0.4, -0.2) is 31.3 Å². The van der Waals surface area contributed by atoms with Crippen molar-refractivity contribution in [3.05, 3.63) is 46.8 Å². The highest BCUT2D eigenvalue weighted by Gasteiger charge is 2.21. The quantitative estimate of drug-likeness (QED) is 0.506. The Hall–Kier alpha value is -2.50. The Morgan fingerprint density at radius 3 is 2.61 bits per heavy atom. The monoisotopic (exact) mass is 386 g/mol. The van der Waals surface area contributed by atoms with E-state index in [1.807, 2.05) is 12.1 Å². The summed E-state index contributed by atoms with van der Waals surface area (Å²) >= 11 is 0. The second-order valence-corrected chi connectivity index (χ2v) is 7.40. The van der Waals surface area contributed by atoms with Crippen molar-refractivity contribution >= 4 is 5.96 Å². The van der Waals surface area contributed by atoms with Crippen molar-refractivity contribution in [1.82, 2.24) is 15.8 Å². The number of aliphatic imine (C=N–C) groups is 1. The first-order chi connectivity index (χ1) is 13.4. The van der Waals surface area contributed by atoms with E-state index in [9.17, 15) is 0 Å². The third-order valence-corrected chi connectivity index (χ3v) is 4.90. The third-order valence-electron chi connectivity index (χ3n) is 4.90. The average molecular weight is 387 g/mol. The second-order valence-electron chi connectivity index (χ2n) is 7.40. The summed E-state index contributed by atoms with van der Waals surface area (Å²) in [5.41, 5.74) is 3.24. The van der Waals surface area contributed by atoms with Gasteiger partial charge in [0.2, 0.25) is 0 Å². The molecule has 6 nitrogen and oxygen atoms in total. The molecule has 0 saturated heterocycles. The minimum absolute atomic E-state index is 0.0783. The lowest BCUT2D eigenvalue weighted by Gasteiger charge is -2.27. The number of hydrogen-bond acceptors (Lipinski definition) is 4. The van der Waals surface area contributed by atoms with Gasteiger partial charge in [0.25, 0.3) is 0 Å². The number of benzene rings is 1. The molecule has 0 amide bonds. The number of ether oxygens (including phenoxy) is 1. The van der Waals surface area contributed by atoms with Crippen molar-refractivity contribution in [1.29, 1.82) is 0 Å². The van der Waals surface area contributed by atoms with Gasteiger partial charge in [-0.15, -0.1) is 0 Å². The van der Waals surface area contributed by atoms with E-state index in [4.69, 9.17) is 14.3 Å². The molecule has 154 valence electrons. The van der Waals surface area contributed by atoms with Crippen LogP contribution in [0, 0.1) is 0 Å². The molecule has 0 aliphatic rings. The third kappa shape index (κ3) is 5.50. The maximum atomic E-state index is 5.45. The van der Waals surface area contributed by atoms with Crippen LogP contribution in [0.4, 0.5) is 0 Å². The van der Waals surface area contributed by atoms with Gasteiger partial charge in [0.15, 0.2) is 5.96 Å². The van der Waals surface area contributed by atoms with E-state index < -0.39 is 0 Å². The molecule has 0 spiro atoms. The minimum Gasteiger partial charge on any atom is -0.497 e. The summed E-state index contributed by atoms with van der Waals surface area (Å²) in [7, 11) is 1.69. The van der Waals surface area contributed by atoms with E-state index in [0.717, 1.165) is 54.7 Å². The highest BCUT2D eigenvalue weighted by molar-refractivity contribution is 5.79. The van der Waals surface area contributed by atoms with Crippen molar-refractivity contribution in [3.63, 3.8) is 0 Å². The van der Waals surface area contributed by atoms with Crippen LogP contribution in [0.2, 0.25) is 0 Å². The van der Waals surface area contributed by atoms with Gasteiger partial charge in [0.05, 0.1) is 19.3 Å². The fraction of sp³-hybridized carbons (Fsp3) is 0.545. The second kappa shape index (κ2) is 10.2. The number of methoxy groups -OCH3 is 1. The van der Waals surface area contributed by atoms with E-state index >= 15 is 0 Å². The number of hydrogen-bond donors (Lipinski definition) is 2. The van der Waals surface area contributed by atoms with Crippen LogP contribution in [0.3, 0.4) is 0 Å². The van der Waals surface area contributed by atoms with Gasteiger partial charge in [0, 0.05) is 30.5 Å². The highest BCUT2D eigenvalue weighted by atomic mass is 16.5. The molecule has 0 radical (unpaired) electrons. The SMILES string of the molecule is CCNC(=NCc1c(CC)noc1CC)NCC(C)(C)c1cccc(OC)c1. The number of nitrogens with one attached hydrogen (secondary N) is 2. The van der Waals surface area contributed by atoms with Gasteiger partial charge >= 0.3 is 0 Å². The summed E-state index contributed by atoms with van der Waals surface area (Å²) in [6, 6.07) is 8.21. The largest absolute Gasteiger partial charge is 0.497 e. The Bertz CT molecular complexity index is 759. The van der Waals surface area contributed by atoms with Crippen molar-refractivity contribution in [3.8, 4) is 5.75 Å². The van der Waals surface area contributed by atoms with Crippen LogP contribution < -0.4 is 15.4 Å². The van der Waals surface area contributed by atoms with E-state index in [2.05, 4.69) is 62.5 Å². The first kappa shape index (κ1) is 21.8. The normalized spacial score (nSPS) is 12.1. The molecule has 1 aromatic carbocycles. The van der Waals surface area contributed by atoms with E-state index in [0.29, 0.717) is 6.54 Å². The van der Waals surface area contributed by atoms with Crippen LogP contribution in [0.15, 0.2) is 33.8 Å². The van der Waals surface area contributed by atoms with E-state index in [1.165, 1.54) is 5.56 Å². The van der Waals surface area contributed by atoms with Gasteiger partial charge < -0.3 is 19.9 Å². The summed E-state index contributed by atoms with van der Waals surface area (Å²) < 4.78 is 10.8. The highest BCUT2D eigenvalue weighted by Crippen LogP contribution is 2.25. The lowest BCUT2D eigenvalue weighted by atomic mass is 9.84. The molecule has 0 bridgehead atoms. The van der Waals surface area contributed by atoms with Gasteiger partial charge in [-0.25, -0.2) is 4.99 Å². The molecule has 6 heteroatoms. The predicted molar refractivity (Wildman–Crippen MR) is 114 cm³/mol. The summed E-state index contributed by atoms with van der Waals surface area (Å²) in [6.45, 7) is 12.8. The fourth-order valence-corrected chi connectivity index (χ4v) is 3.07.